The van der Waals surface area contributed by atoms with Crippen LogP contribution in [0.5, 0.6) is 0 Å². The minimum atomic E-state index is 0.600. The highest BCUT2D eigenvalue weighted by Crippen LogP contribution is 2.35. The van der Waals surface area contributed by atoms with Crippen LogP contribution in [0.15, 0.2) is 61.1 Å². The van der Waals surface area contributed by atoms with Gasteiger partial charge in [0.2, 0.25) is 0 Å². The van der Waals surface area contributed by atoms with E-state index in [1.54, 1.807) is 13.4 Å². The molecule has 0 aliphatic carbocycles. The molecule has 0 aliphatic heterocycles. The van der Waals surface area contributed by atoms with Crippen LogP contribution in [0.2, 0.25) is 5.02 Å². The topological polar surface area (TPSA) is 52.0 Å². The Hall–Kier alpha value is -2.89. The molecule has 6 heteroatoms. The molecule has 0 unspecified atom stereocenters. The van der Waals surface area contributed by atoms with Crippen molar-refractivity contribution in [2.24, 2.45) is 0 Å². The molecule has 28 heavy (non-hydrogen) atoms. The summed E-state index contributed by atoms with van der Waals surface area (Å²) in [5, 5.41) is 5.11. The average Bonchev–Trinajstić information content (AvgIpc) is 3.11. The fourth-order valence-electron chi connectivity index (χ4n) is 3.28. The molecule has 0 spiro atoms. The van der Waals surface area contributed by atoms with Gasteiger partial charge in [-0.1, -0.05) is 41.9 Å². The van der Waals surface area contributed by atoms with E-state index >= 15 is 0 Å². The Balaban J connectivity index is 1.94. The first-order valence-corrected chi connectivity index (χ1v) is 9.47. The SMILES string of the molecule is COCCNc1ncnc2c1c(-c1ccccc1)cn2-c1ccc(Cl)c(C)c1. The number of ether oxygens (including phenoxy) is 1. The van der Waals surface area contributed by atoms with Crippen molar-refractivity contribution >= 4 is 28.5 Å². The number of nitrogens with one attached hydrogen (secondary N) is 1. The largest absolute Gasteiger partial charge is 0.383 e. The highest BCUT2D eigenvalue weighted by atomic mass is 35.5. The Bertz CT molecular complexity index is 1110. The highest BCUT2D eigenvalue weighted by molar-refractivity contribution is 6.31. The van der Waals surface area contributed by atoms with E-state index in [2.05, 4.69) is 44.2 Å². The van der Waals surface area contributed by atoms with E-state index in [0.29, 0.717) is 13.2 Å². The maximum Gasteiger partial charge on any atom is 0.150 e. The second-order valence-electron chi connectivity index (χ2n) is 6.55. The van der Waals surface area contributed by atoms with E-state index < -0.39 is 0 Å². The Kier molecular flexibility index (Phi) is 5.28. The van der Waals surface area contributed by atoms with Gasteiger partial charge in [0.05, 0.1) is 12.0 Å². The third-order valence-electron chi connectivity index (χ3n) is 4.69. The van der Waals surface area contributed by atoms with Gasteiger partial charge in [-0.15, -0.1) is 0 Å². The molecular formula is C22H21ClN4O. The molecule has 0 saturated heterocycles. The molecular weight excluding hydrogens is 372 g/mol. The van der Waals surface area contributed by atoms with E-state index in [-0.39, 0.29) is 0 Å². The maximum absolute atomic E-state index is 6.23. The van der Waals surface area contributed by atoms with Crippen LogP contribution >= 0.6 is 11.6 Å². The van der Waals surface area contributed by atoms with Gasteiger partial charge in [-0.25, -0.2) is 9.97 Å². The van der Waals surface area contributed by atoms with Gasteiger partial charge in [0, 0.05) is 36.1 Å². The minimum Gasteiger partial charge on any atom is -0.383 e. The number of rotatable bonds is 6. The molecule has 4 aromatic rings. The second kappa shape index (κ2) is 8.00. The Labute approximate surface area is 169 Å². The first kappa shape index (κ1) is 18.5. The van der Waals surface area contributed by atoms with Crippen molar-refractivity contribution in [3.8, 4) is 16.8 Å². The zero-order valence-corrected chi connectivity index (χ0v) is 16.6. The van der Waals surface area contributed by atoms with Crippen molar-refractivity contribution < 1.29 is 4.74 Å². The molecule has 0 aliphatic rings. The lowest BCUT2D eigenvalue weighted by molar-refractivity contribution is 0.210. The summed E-state index contributed by atoms with van der Waals surface area (Å²) in [7, 11) is 1.69. The third-order valence-corrected chi connectivity index (χ3v) is 5.11. The summed E-state index contributed by atoms with van der Waals surface area (Å²) >= 11 is 6.23. The smallest absolute Gasteiger partial charge is 0.150 e. The quantitative estimate of drug-likeness (QED) is 0.463. The molecule has 1 N–H and O–H groups in total. The summed E-state index contributed by atoms with van der Waals surface area (Å²) < 4.78 is 7.25. The minimum absolute atomic E-state index is 0.600. The van der Waals surface area contributed by atoms with Gasteiger partial charge in [-0.2, -0.15) is 0 Å². The van der Waals surface area contributed by atoms with E-state index in [4.69, 9.17) is 16.3 Å². The fourth-order valence-corrected chi connectivity index (χ4v) is 3.40. The van der Waals surface area contributed by atoms with Gasteiger partial charge < -0.3 is 14.6 Å². The number of benzene rings is 2. The second-order valence-corrected chi connectivity index (χ2v) is 6.96. The number of nitrogens with zero attached hydrogens (tertiary/aromatic N) is 3. The number of methoxy groups -OCH3 is 1. The summed E-state index contributed by atoms with van der Waals surface area (Å²) in [4.78, 5) is 9.08. The van der Waals surface area contributed by atoms with Crippen molar-refractivity contribution in [3.63, 3.8) is 0 Å². The first-order valence-electron chi connectivity index (χ1n) is 9.10. The zero-order valence-electron chi connectivity index (χ0n) is 15.8. The van der Waals surface area contributed by atoms with Crippen LogP contribution in [0.4, 0.5) is 5.82 Å². The predicted octanol–water partition coefficient (Wildman–Crippen LogP) is 5.11. The molecule has 142 valence electrons. The standard InChI is InChI=1S/C22H21ClN4O/c1-15-12-17(8-9-19(15)23)27-13-18(16-6-4-3-5-7-16)20-21(24-10-11-28-2)25-14-26-22(20)27/h3-9,12-14H,10-11H2,1-2H3,(H,24,25,26). The van der Waals surface area contributed by atoms with Crippen LogP contribution in [0.3, 0.4) is 0 Å². The lowest BCUT2D eigenvalue weighted by atomic mass is 10.1. The number of aryl methyl sites for hydroxylation is 1. The summed E-state index contributed by atoms with van der Waals surface area (Å²) in [6, 6.07) is 16.3. The average molecular weight is 393 g/mol. The number of fused-ring (bicyclic) bond motifs is 1. The number of anilines is 1. The van der Waals surface area contributed by atoms with Crippen LogP contribution in [0.1, 0.15) is 5.56 Å². The Morgan fingerprint density at radius 1 is 1.11 bits per heavy atom. The van der Waals surface area contributed by atoms with E-state index in [9.17, 15) is 0 Å². The predicted molar refractivity (Wildman–Crippen MR) is 114 cm³/mol. The number of halogens is 1. The van der Waals surface area contributed by atoms with Crippen molar-refractivity contribution in [1.82, 2.24) is 14.5 Å². The third kappa shape index (κ3) is 3.46. The van der Waals surface area contributed by atoms with Gasteiger partial charge in [-0.05, 0) is 36.2 Å². The summed E-state index contributed by atoms with van der Waals surface area (Å²) in [6.07, 6.45) is 3.70. The van der Waals surface area contributed by atoms with Crippen molar-refractivity contribution in [3.05, 3.63) is 71.6 Å². The van der Waals surface area contributed by atoms with E-state index in [1.807, 2.05) is 37.3 Å². The first-order chi connectivity index (χ1) is 13.7. The summed E-state index contributed by atoms with van der Waals surface area (Å²) in [6.45, 7) is 3.27. The van der Waals surface area contributed by atoms with Gasteiger partial charge in [0.15, 0.2) is 5.65 Å². The Morgan fingerprint density at radius 2 is 1.93 bits per heavy atom. The van der Waals surface area contributed by atoms with E-state index in [1.165, 1.54) is 0 Å². The lowest BCUT2D eigenvalue weighted by Gasteiger charge is -2.09. The highest BCUT2D eigenvalue weighted by Gasteiger charge is 2.17. The molecule has 0 saturated carbocycles. The molecule has 0 amide bonds. The molecule has 2 aromatic heterocycles. The molecule has 0 fully saturated rings. The molecule has 0 bridgehead atoms. The van der Waals surface area contributed by atoms with Gasteiger partial charge in [-0.3, -0.25) is 0 Å². The monoisotopic (exact) mass is 392 g/mol. The number of hydrogen-bond donors (Lipinski definition) is 1. The Morgan fingerprint density at radius 3 is 2.68 bits per heavy atom. The van der Waals surface area contributed by atoms with Crippen molar-refractivity contribution in [2.45, 2.75) is 6.92 Å². The molecule has 0 atom stereocenters. The maximum atomic E-state index is 6.23. The molecule has 2 heterocycles. The normalized spacial score (nSPS) is 11.1. The molecule has 5 nitrogen and oxygen atoms in total. The van der Waals surface area contributed by atoms with Gasteiger partial charge in [0.1, 0.15) is 12.1 Å². The van der Waals surface area contributed by atoms with Gasteiger partial charge in [0.25, 0.3) is 0 Å². The van der Waals surface area contributed by atoms with Crippen LogP contribution in [0, 0.1) is 6.92 Å². The van der Waals surface area contributed by atoms with Crippen LogP contribution in [0.25, 0.3) is 27.8 Å². The number of aromatic nitrogens is 3. The van der Waals surface area contributed by atoms with Crippen molar-refractivity contribution in [1.29, 1.82) is 0 Å². The van der Waals surface area contributed by atoms with Crippen molar-refractivity contribution in [2.75, 3.05) is 25.6 Å². The zero-order chi connectivity index (χ0) is 19.5. The van der Waals surface area contributed by atoms with E-state index in [0.717, 1.165) is 44.3 Å². The number of hydrogen-bond acceptors (Lipinski definition) is 4. The van der Waals surface area contributed by atoms with Gasteiger partial charge >= 0.3 is 0 Å². The van der Waals surface area contributed by atoms with Crippen LogP contribution in [-0.4, -0.2) is 34.8 Å². The van der Waals surface area contributed by atoms with Crippen LogP contribution < -0.4 is 5.32 Å². The molecule has 2 aromatic carbocycles. The summed E-state index contributed by atoms with van der Waals surface area (Å²) in [5.41, 5.74) is 5.06. The molecule has 4 rings (SSSR count). The fraction of sp³-hybridized carbons (Fsp3) is 0.182. The van der Waals surface area contributed by atoms with Crippen LogP contribution in [-0.2, 0) is 4.74 Å². The lowest BCUT2D eigenvalue weighted by Crippen LogP contribution is -2.09. The summed E-state index contributed by atoms with van der Waals surface area (Å²) in [5.74, 6) is 0.797. The molecule has 0 radical (unpaired) electrons.